The molecule has 92 valence electrons. The number of nitrogens with zero attached hydrogens (tertiary/aromatic N) is 2. The van der Waals surface area contributed by atoms with Gasteiger partial charge in [-0.15, -0.1) is 0 Å². The third-order valence-electron chi connectivity index (χ3n) is 2.99. The number of aliphatic hydroxyl groups excluding tert-OH is 1. The van der Waals surface area contributed by atoms with Gasteiger partial charge in [-0.1, -0.05) is 23.7 Å². The fourth-order valence-electron chi connectivity index (χ4n) is 2.12. The number of β-amino-alcohol motifs (C(OH)–C–C–N with tert-alkyl or cyclic N) is 1. The predicted octanol–water partition coefficient (Wildman–Crippen LogP) is 1.74. The SMILES string of the molecule is CN1CC(c2ccc(Cl)cc2)N(CCO)C1=O. The lowest BCUT2D eigenvalue weighted by molar-refractivity contribution is 0.172. The fraction of sp³-hybridized carbons (Fsp3) is 0.417. The molecule has 1 fully saturated rings. The number of hydrogen-bond donors (Lipinski definition) is 1. The number of amides is 2. The summed E-state index contributed by atoms with van der Waals surface area (Å²) in [5, 5.41) is 9.69. The summed E-state index contributed by atoms with van der Waals surface area (Å²) in [6.45, 7) is 0.973. The second-order valence-electron chi connectivity index (χ2n) is 4.15. The van der Waals surface area contributed by atoms with Crippen molar-refractivity contribution in [3.8, 4) is 0 Å². The van der Waals surface area contributed by atoms with Crippen LogP contribution in [0.25, 0.3) is 0 Å². The first kappa shape index (κ1) is 12.2. The Morgan fingerprint density at radius 3 is 2.65 bits per heavy atom. The molecule has 0 radical (unpaired) electrons. The summed E-state index contributed by atoms with van der Waals surface area (Å²) < 4.78 is 0. The van der Waals surface area contributed by atoms with Crippen molar-refractivity contribution in [2.24, 2.45) is 0 Å². The van der Waals surface area contributed by atoms with Crippen molar-refractivity contribution >= 4 is 17.6 Å². The molecule has 0 spiro atoms. The fourth-order valence-corrected chi connectivity index (χ4v) is 2.24. The van der Waals surface area contributed by atoms with Gasteiger partial charge in [0.25, 0.3) is 0 Å². The Morgan fingerprint density at radius 1 is 1.41 bits per heavy atom. The molecular weight excluding hydrogens is 240 g/mol. The first-order valence-electron chi connectivity index (χ1n) is 5.51. The van der Waals surface area contributed by atoms with Crippen LogP contribution in [-0.4, -0.2) is 47.7 Å². The minimum absolute atomic E-state index is 0.00285. The molecule has 1 aromatic carbocycles. The Balaban J connectivity index is 2.24. The number of likely N-dealkylation sites (N-methyl/N-ethyl adjacent to an activating group) is 1. The third-order valence-corrected chi connectivity index (χ3v) is 3.24. The number of benzene rings is 1. The molecule has 1 atom stereocenters. The van der Waals surface area contributed by atoms with Gasteiger partial charge >= 0.3 is 6.03 Å². The quantitative estimate of drug-likeness (QED) is 0.893. The molecule has 0 saturated carbocycles. The van der Waals surface area contributed by atoms with Gasteiger partial charge in [0.05, 0.1) is 12.6 Å². The van der Waals surface area contributed by atoms with Crippen LogP contribution in [0, 0.1) is 0 Å². The van der Waals surface area contributed by atoms with E-state index < -0.39 is 0 Å². The Hall–Kier alpha value is -1.26. The molecule has 1 aliphatic rings. The van der Waals surface area contributed by atoms with Crippen molar-refractivity contribution in [2.75, 3.05) is 26.7 Å². The first-order valence-corrected chi connectivity index (χ1v) is 5.89. The number of urea groups is 1. The van der Waals surface area contributed by atoms with E-state index in [0.29, 0.717) is 18.1 Å². The molecule has 2 amide bonds. The van der Waals surface area contributed by atoms with E-state index in [1.807, 2.05) is 24.3 Å². The van der Waals surface area contributed by atoms with Crippen molar-refractivity contribution in [2.45, 2.75) is 6.04 Å². The highest BCUT2D eigenvalue weighted by Gasteiger charge is 2.35. The molecule has 1 aliphatic heterocycles. The highest BCUT2D eigenvalue weighted by molar-refractivity contribution is 6.30. The van der Waals surface area contributed by atoms with Crippen LogP contribution in [0.3, 0.4) is 0 Å². The second-order valence-corrected chi connectivity index (χ2v) is 4.58. The molecule has 1 N–H and O–H groups in total. The monoisotopic (exact) mass is 254 g/mol. The first-order chi connectivity index (χ1) is 8.13. The van der Waals surface area contributed by atoms with Crippen LogP contribution in [0.1, 0.15) is 11.6 Å². The van der Waals surface area contributed by atoms with Gasteiger partial charge < -0.3 is 14.9 Å². The predicted molar refractivity (Wildman–Crippen MR) is 66.0 cm³/mol. The molecule has 0 bridgehead atoms. The zero-order chi connectivity index (χ0) is 12.4. The minimum atomic E-state index is -0.0426. The van der Waals surface area contributed by atoms with Gasteiger partial charge in [0, 0.05) is 25.2 Å². The van der Waals surface area contributed by atoms with E-state index in [-0.39, 0.29) is 18.7 Å². The van der Waals surface area contributed by atoms with Crippen LogP contribution in [0.5, 0.6) is 0 Å². The zero-order valence-electron chi connectivity index (χ0n) is 9.64. The molecular formula is C12H15ClN2O2. The summed E-state index contributed by atoms with van der Waals surface area (Å²) in [6, 6.07) is 7.43. The molecule has 2 rings (SSSR count). The minimum Gasteiger partial charge on any atom is -0.395 e. The molecule has 4 nitrogen and oxygen atoms in total. The van der Waals surface area contributed by atoms with Crippen LogP contribution >= 0.6 is 11.6 Å². The maximum absolute atomic E-state index is 11.9. The summed E-state index contributed by atoms with van der Waals surface area (Å²) >= 11 is 5.84. The molecule has 1 unspecified atom stereocenters. The molecule has 1 aromatic rings. The van der Waals surface area contributed by atoms with Crippen molar-refractivity contribution in [3.63, 3.8) is 0 Å². The lowest BCUT2D eigenvalue weighted by atomic mass is 10.1. The van der Waals surface area contributed by atoms with Crippen LogP contribution in [0.2, 0.25) is 5.02 Å². The van der Waals surface area contributed by atoms with Crippen LogP contribution in [-0.2, 0) is 0 Å². The Morgan fingerprint density at radius 2 is 2.06 bits per heavy atom. The topological polar surface area (TPSA) is 43.8 Å². The van der Waals surface area contributed by atoms with E-state index in [1.54, 1.807) is 16.8 Å². The van der Waals surface area contributed by atoms with E-state index in [0.717, 1.165) is 5.56 Å². The molecule has 1 saturated heterocycles. The molecule has 1 heterocycles. The molecule has 0 aliphatic carbocycles. The van der Waals surface area contributed by atoms with Gasteiger partial charge in [-0.25, -0.2) is 4.79 Å². The standard InChI is InChI=1S/C12H15ClN2O2/c1-14-8-11(15(6-7-16)12(14)17)9-2-4-10(13)5-3-9/h2-5,11,16H,6-8H2,1H3. The zero-order valence-corrected chi connectivity index (χ0v) is 10.4. The number of rotatable bonds is 3. The van der Waals surface area contributed by atoms with E-state index >= 15 is 0 Å². The van der Waals surface area contributed by atoms with Gasteiger partial charge in [-0.3, -0.25) is 0 Å². The average molecular weight is 255 g/mol. The second kappa shape index (κ2) is 4.94. The lowest BCUT2D eigenvalue weighted by Crippen LogP contribution is -2.33. The van der Waals surface area contributed by atoms with Crippen LogP contribution in [0.4, 0.5) is 4.79 Å². The number of halogens is 1. The van der Waals surface area contributed by atoms with Crippen LogP contribution < -0.4 is 0 Å². The summed E-state index contributed by atoms with van der Waals surface area (Å²) in [6.07, 6.45) is 0. The molecule has 17 heavy (non-hydrogen) atoms. The number of carbonyl (C=O) groups is 1. The average Bonchev–Trinajstić information content (AvgIpc) is 2.59. The Kier molecular flexibility index (Phi) is 3.54. The summed E-state index contributed by atoms with van der Waals surface area (Å²) in [5.41, 5.74) is 1.04. The van der Waals surface area contributed by atoms with E-state index in [9.17, 15) is 4.79 Å². The highest BCUT2D eigenvalue weighted by Crippen LogP contribution is 2.28. The number of carbonyl (C=O) groups excluding carboxylic acids is 1. The van der Waals surface area contributed by atoms with E-state index in [4.69, 9.17) is 16.7 Å². The number of aliphatic hydroxyl groups is 1. The van der Waals surface area contributed by atoms with Gasteiger partial charge in [0.2, 0.25) is 0 Å². The molecule has 5 heteroatoms. The molecule has 0 aromatic heterocycles. The van der Waals surface area contributed by atoms with Gasteiger partial charge in [0.1, 0.15) is 0 Å². The van der Waals surface area contributed by atoms with Crippen molar-refractivity contribution < 1.29 is 9.90 Å². The van der Waals surface area contributed by atoms with Crippen molar-refractivity contribution in [1.82, 2.24) is 9.80 Å². The normalized spacial score (nSPS) is 20.2. The lowest BCUT2D eigenvalue weighted by Gasteiger charge is -2.22. The van der Waals surface area contributed by atoms with Gasteiger partial charge in [0.15, 0.2) is 0 Å². The summed E-state index contributed by atoms with van der Waals surface area (Å²) in [4.78, 5) is 15.2. The van der Waals surface area contributed by atoms with Crippen LogP contribution in [0.15, 0.2) is 24.3 Å². The van der Waals surface area contributed by atoms with E-state index in [1.165, 1.54) is 0 Å². The largest absolute Gasteiger partial charge is 0.395 e. The Bertz CT molecular complexity index is 407. The maximum Gasteiger partial charge on any atom is 0.320 e. The maximum atomic E-state index is 11.9. The van der Waals surface area contributed by atoms with Crippen molar-refractivity contribution in [3.05, 3.63) is 34.9 Å². The summed E-state index contributed by atoms with van der Waals surface area (Å²) in [7, 11) is 1.77. The Labute approximate surface area is 105 Å². The summed E-state index contributed by atoms with van der Waals surface area (Å²) in [5.74, 6) is 0. The third kappa shape index (κ3) is 2.37. The van der Waals surface area contributed by atoms with Gasteiger partial charge in [-0.2, -0.15) is 0 Å². The van der Waals surface area contributed by atoms with Gasteiger partial charge in [-0.05, 0) is 17.7 Å². The highest BCUT2D eigenvalue weighted by atomic mass is 35.5. The van der Waals surface area contributed by atoms with E-state index in [2.05, 4.69) is 0 Å². The smallest absolute Gasteiger partial charge is 0.320 e. The van der Waals surface area contributed by atoms with Crippen molar-refractivity contribution in [1.29, 1.82) is 0 Å². The number of hydrogen-bond acceptors (Lipinski definition) is 2.